The third kappa shape index (κ3) is 16.6. The quantitative estimate of drug-likeness (QED) is 0.512. The lowest BCUT2D eigenvalue weighted by atomic mass is 10.2. The smallest absolute Gasteiger partial charge is 0.413 e. The third-order valence-corrected chi connectivity index (χ3v) is 4.51. The molecule has 6 nitrogen and oxygen atoms in total. The minimum absolute atomic E-state index is 0.108. The molecule has 0 radical (unpaired) electrons. The average Bonchev–Trinajstić information content (AvgIpc) is 3.31. The van der Waals surface area contributed by atoms with Gasteiger partial charge >= 0.3 is 6.09 Å². The van der Waals surface area contributed by atoms with E-state index in [9.17, 15) is 9.90 Å². The highest BCUT2D eigenvalue weighted by Gasteiger charge is 2.19. The molecule has 2 rings (SSSR count). The highest BCUT2D eigenvalue weighted by molar-refractivity contribution is 7.13. The first kappa shape index (κ1) is 31.5. The number of β-amino-alcohol motifs (C(OH)–C–C–N with tert-alkyl or cyclic N) is 1. The number of carbonyl (C=O) groups excluding carboxylic acids is 1. The Bertz CT molecular complexity index is 649. The summed E-state index contributed by atoms with van der Waals surface area (Å²) in [4.78, 5) is 17.6. The molecule has 0 aliphatic carbocycles. The van der Waals surface area contributed by atoms with Gasteiger partial charge in [-0.15, -0.1) is 11.3 Å². The number of aryl methyl sites for hydroxylation is 1. The van der Waals surface area contributed by atoms with E-state index in [2.05, 4.69) is 40.4 Å². The minimum atomic E-state index is -0.476. The first-order chi connectivity index (χ1) is 14.6. The Hall–Kier alpha value is -1.70. The molecule has 1 saturated heterocycles. The van der Waals surface area contributed by atoms with Crippen molar-refractivity contribution in [2.24, 2.45) is 0 Å². The van der Waals surface area contributed by atoms with Crippen molar-refractivity contribution in [1.29, 1.82) is 0 Å². The first-order valence-electron chi connectivity index (χ1n) is 11.2. The lowest BCUT2D eigenvalue weighted by molar-refractivity contribution is 0.0636. The Morgan fingerprint density at radius 2 is 1.94 bits per heavy atom. The number of thiazole rings is 1. The van der Waals surface area contributed by atoms with Crippen LogP contribution in [0.5, 0.6) is 0 Å². The topological polar surface area (TPSA) is 74.7 Å². The van der Waals surface area contributed by atoms with Crippen LogP contribution in [-0.2, 0) is 4.74 Å². The van der Waals surface area contributed by atoms with Crippen LogP contribution >= 0.6 is 11.3 Å². The summed E-state index contributed by atoms with van der Waals surface area (Å²) in [6, 6.07) is 0. The van der Waals surface area contributed by atoms with Crippen molar-refractivity contribution in [1.82, 2.24) is 9.88 Å². The summed E-state index contributed by atoms with van der Waals surface area (Å²) in [6.07, 6.45) is 6.67. The van der Waals surface area contributed by atoms with Crippen molar-refractivity contribution in [2.45, 2.75) is 87.4 Å². The zero-order chi connectivity index (χ0) is 24.4. The molecule has 1 atom stereocenters. The van der Waals surface area contributed by atoms with Gasteiger partial charge in [0.1, 0.15) is 5.60 Å². The van der Waals surface area contributed by atoms with Crippen LogP contribution in [0.2, 0.25) is 0 Å². The number of hydrogen-bond acceptors (Lipinski definition) is 6. The maximum absolute atomic E-state index is 11.3. The number of aliphatic hydroxyl groups excluding tert-OH is 1. The molecule has 2 heterocycles. The molecule has 7 heteroatoms. The lowest BCUT2D eigenvalue weighted by Crippen LogP contribution is -2.27. The minimum Gasteiger partial charge on any atom is -0.444 e. The molecule has 0 bridgehead atoms. The van der Waals surface area contributed by atoms with Gasteiger partial charge < -0.3 is 9.84 Å². The second kappa shape index (κ2) is 17.9. The largest absolute Gasteiger partial charge is 0.444 e. The molecule has 1 aromatic rings. The summed E-state index contributed by atoms with van der Waals surface area (Å²) in [5.74, 6) is 0. The normalized spacial score (nSPS) is 16.4. The second-order valence-electron chi connectivity index (χ2n) is 7.46. The van der Waals surface area contributed by atoms with E-state index in [4.69, 9.17) is 4.74 Å². The van der Waals surface area contributed by atoms with Gasteiger partial charge in [0, 0.05) is 25.0 Å². The molecule has 180 valence electrons. The zero-order valence-corrected chi connectivity index (χ0v) is 22.1. The van der Waals surface area contributed by atoms with Crippen molar-refractivity contribution >= 4 is 22.6 Å². The SMILES string of the molecule is C/C=C\C(=C/C)CN1CCC(O)C1.CC.CC.Cc1csc(NC(=O)OC(C)(C)C)n1. The molecule has 1 fully saturated rings. The van der Waals surface area contributed by atoms with Gasteiger partial charge in [0.15, 0.2) is 5.13 Å². The van der Waals surface area contributed by atoms with Crippen LogP contribution in [0.15, 0.2) is 29.2 Å². The van der Waals surface area contributed by atoms with E-state index in [1.807, 2.05) is 67.7 Å². The number of hydrogen-bond donors (Lipinski definition) is 2. The molecule has 1 aliphatic rings. The molecule has 2 N–H and O–H groups in total. The molecule has 0 aromatic carbocycles. The van der Waals surface area contributed by atoms with Crippen molar-refractivity contribution in [3.8, 4) is 0 Å². The number of allylic oxidation sites excluding steroid dienone is 2. The van der Waals surface area contributed by atoms with Gasteiger partial charge in [-0.25, -0.2) is 9.78 Å². The van der Waals surface area contributed by atoms with Crippen molar-refractivity contribution < 1.29 is 14.6 Å². The average molecular weight is 456 g/mol. The molecular formula is C24H45N3O3S. The number of amides is 1. The van der Waals surface area contributed by atoms with Crippen LogP contribution in [0, 0.1) is 6.92 Å². The molecule has 1 amide bonds. The molecule has 1 unspecified atom stereocenters. The fourth-order valence-corrected chi connectivity index (χ4v) is 3.14. The Balaban J connectivity index is 0. The standard InChI is InChI=1S/C11H19NO.C9H14N2O2S.2C2H6/c1-3-5-10(4-2)8-12-7-6-11(13)9-12;1-6-5-14-7(10-6)11-8(12)13-9(2,3)4;2*1-2/h3-5,11,13H,6-9H2,1-2H3;5H,1-4H3,(H,10,11,12);2*1-2H3/b5-3-,10-4+;;;. The predicted octanol–water partition coefficient (Wildman–Crippen LogP) is 6.43. The number of nitrogens with zero attached hydrogens (tertiary/aromatic N) is 2. The highest BCUT2D eigenvalue weighted by atomic mass is 32.1. The number of likely N-dealkylation sites (tertiary alicyclic amines) is 1. The van der Waals surface area contributed by atoms with Gasteiger partial charge in [-0.05, 0) is 53.5 Å². The number of carbonyl (C=O) groups is 1. The molecule has 1 aliphatic heterocycles. The number of anilines is 1. The summed E-state index contributed by atoms with van der Waals surface area (Å²) in [5, 5.41) is 14.3. The van der Waals surface area contributed by atoms with Crippen LogP contribution in [0.3, 0.4) is 0 Å². The van der Waals surface area contributed by atoms with Gasteiger partial charge in [-0.2, -0.15) is 0 Å². The van der Waals surface area contributed by atoms with E-state index in [1.54, 1.807) is 0 Å². The number of nitrogens with one attached hydrogen (secondary N) is 1. The maximum Gasteiger partial charge on any atom is 0.413 e. The Kier molecular flexibility index (Phi) is 18.2. The number of ether oxygens (including phenoxy) is 1. The monoisotopic (exact) mass is 455 g/mol. The fourth-order valence-electron chi connectivity index (χ4n) is 2.47. The van der Waals surface area contributed by atoms with Crippen LogP contribution in [0.25, 0.3) is 0 Å². The zero-order valence-electron chi connectivity index (χ0n) is 21.3. The van der Waals surface area contributed by atoms with E-state index in [-0.39, 0.29) is 6.10 Å². The van der Waals surface area contributed by atoms with Gasteiger partial charge in [-0.3, -0.25) is 10.2 Å². The summed E-state index contributed by atoms with van der Waals surface area (Å²) in [7, 11) is 0. The van der Waals surface area contributed by atoms with E-state index in [0.29, 0.717) is 5.13 Å². The number of aromatic nitrogens is 1. The summed E-state index contributed by atoms with van der Waals surface area (Å²) >= 11 is 1.38. The fraction of sp³-hybridized carbons (Fsp3) is 0.667. The summed E-state index contributed by atoms with van der Waals surface area (Å²) in [5.41, 5.74) is 1.74. The molecule has 1 aromatic heterocycles. The molecule has 0 spiro atoms. The Morgan fingerprint density at radius 1 is 1.32 bits per heavy atom. The number of rotatable bonds is 4. The van der Waals surface area contributed by atoms with Crippen molar-refractivity contribution in [2.75, 3.05) is 25.0 Å². The molecule has 0 saturated carbocycles. The Labute approximate surface area is 194 Å². The van der Waals surface area contributed by atoms with Crippen LogP contribution in [-0.4, -0.2) is 52.4 Å². The van der Waals surface area contributed by atoms with E-state index < -0.39 is 11.7 Å². The highest BCUT2D eigenvalue weighted by Crippen LogP contribution is 2.16. The van der Waals surface area contributed by atoms with E-state index >= 15 is 0 Å². The van der Waals surface area contributed by atoms with Crippen molar-refractivity contribution in [3.63, 3.8) is 0 Å². The third-order valence-electron chi connectivity index (χ3n) is 3.63. The van der Waals surface area contributed by atoms with Crippen LogP contribution in [0.4, 0.5) is 9.93 Å². The van der Waals surface area contributed by atoms with E-state index in [1.165, 1.54) is 16.9 Å². The lowest BCUT2D eigenvalue weighted by Gasteiger charge is -2.18. The molecular weight excluding hydrogens is 410 g/mol. The second-order valence-corrected chi connectivity index (χ2v) is 8.32. The van der Waals surface area contributed by atoms with Gasteiger partial charge in [-0.1, -0.05) is 45.9 Å². The summed E-state index contributed by atoms with van der Waals surface area (Å²) in [6.45, 7) is 22.2. The van der Waals surface area contributed by atoms with Gasteiger partial charge in [0.05, 0.1) is 11.8 Å². The Morgan fingerprint density at radius 3 is 2.32 bits per heavy atom. The first-order valence-corrected chi connectivity index (χ1v) is 12.1. The van der Waals surface area contributed by atoms with Crippen LogP contribution in [0.1, 0.15) is 74.4 Å². The van der Waals surface area contributed by atoms with E-state index in [0.717, 1.165) is 31.7 Å². The van der Waals surface area contributed by atoms with Crippen molar-refractivity contribution in [3.05, 3.63) is 34.9 Å². The van der Waals surface area contributed by atoms with Gasteiger partial charge in [0.25, 0.3) is 0 Å². The van der Waals surface area contributed by atoms with Crippen LogP contribution < -0.4 is 5.32 Å². The summed E-state index contributed by atoms with van der Waals surface area (Å²) < 4.78 is 5.07. The maximum atomic E-state index is 11.3. The number of aliphatic hydroxyl groups is 1. The molecule has 31 heavy (non-hydrogen) atoms. The van der Waals surface area contributed by atoms with Gasteiger partial charge in [0.2, 0.25) is 0 Å². The predicted molar refractivity (Wildman–Crippen MR) is 135 cm³/mol.